The first-order chi connectivity index (χ1) is 12.5. The van der Waals surface area contributed by atoms with E-state index >= 15 is 0 Å². The maximum atomic E-state index is 13.1. The van der Waals surface area contributed by atoms with E-state index in [4.69, 9.17) is 16.3 Å². The van der Waals surface area contributed by atoms with Crippen molar-refractivity contribution in [2.75, 3.05) is 0 Å². The number of fused-ring (bicyclic) bond motifs is 1. The van der Waals surface area contributed by atoms with Crippen LogP contribution in [0.4, 0.5) is 0 Å². The van der Waals surface area contributed by atoms with Crippen LogP contribution in [0.15, 0.2) is 60.7 Å². The lowest BCUT2D eigenvalue weighted by molar-refractivity contribution is -0.133. The molecule has 2 heterocycles. The van der Waals surface area contributed by atoms with Crippen LogP contribution in [0, 0.1) is 0 Å². The van der Waals surface area contributed by atoms with Gasteiger partial charge in [-0.25, -0.2) is 0 Å². The van der Waals surface area contributed by atoms with Crippen molar-refractivity contribution >= 4 is 23.4 Å². The molecule has 1 atom stereocenters. The Labute approximate surface area is 156 Å². The molecule has 5 heteroatoms. The Hall–Kier alpha value is -2.85. The van der Waals surface area contributed by atoms with Crippen molar-refractivity contribution in [1.29, 1.82) is 0 Å². The van der Waals surface area contributed by atoms with Crippen molar-refractivity contribution in [1.82, 2.24) is 4.57 Å². The Morgan fingerprint density at radius 3 is 2.50 bits per heavy atom. The summed E-state index contributed by atoms with van der Waals surface area (Å²) in [5, 5.41) is 0.575. The molecule has 4 rings (SSSR count). The predicted octanol–water partition coefficient (Wildman–Crippen LogP) is 4.44. The number of hydrogen-bond donors (Lipinski definition) is 0. The molecule has 2 aromatic carbocycles. The minimum atomic E-state index is -0.402. The molecule has 0 spiro atoms. The largest absolute Gasteiger partial charge is 0.424 e. The van der Waals surface area contributed by atoms with Crippen molar-refractivity contribution < 1.29 is 14.3 Å². The van der Waals surface area contributed by atoms with Crippen LogP contribution < -0.4 is 4.74 Å². The molecule has 0 saturated carbocycles. The van der Waals surface area contributed by atoms with Crippen molar-refractivity contribution in [3.8, 4) is 5.75 Å². The molecule has 1 aliphatic rings. The predicted molar refractivity (Wildman–Crippen MR) is 98.9 cm³/mol. The standard InChI is InChI=1S/C21H16ClNO3/c1-13-19-18(26-21(13)25)11-17(20(24)15-7-9-16(22)10-8-15)23(19)12-14-5-3-2-4-6-14/h2-11,13H,12H2,1H3. The number of aromatic nitrogens is 1. The number of ether oxygens (including phenoxy) is 1. The summed E-state index contributed by atoms with van der Waals surface area (Å²) >= 11 is 5.92. The molecule has 0 aliphatic carbocycles. The number of carbonyl (C=O) groups excluding carboxylic acids is 2. The molecule has 0 bridgehead atoms. The minimum absolute atomic E-state index is 0.129. The summed E-state index contributed by atoms with van der Waals surface area (Å²) in [5.41, 5.74) is 2.83. The first kappa shape index (κ1) is 16.6. The van der Waals surface area contributed by atoms with Gasteiger partial charge in [0.05, 0.1) is 17.3 Å². The first-order valence-corrected chi connectivity index (χ1v) is 8.71. The average molecular weight is 366 g/mol. The average Bonchev–Trinajstić information content (AvgIpc) is 3.13. The molecule has 0 radical (unpaired) electrons. The maximum absolute atomic E-state index is 13.1. The Bertz CT molecular complexity index is 990. The van der Waals surface area contributed by atoms with Gasteiger partial charge in [-0.05, 0) is 36.8 Å². The molecule has 0 fully saturated rings. The normalized spacial score (nSPS) is 15.6. The smallest absolute Gasteiger partial charge is 0.320 e. The lowest BCUT2D eigenvalue weighted by atomic mass is 10.1. The molecule has 1 aromatic heterocycles. The number of benzene rings is 2. The van der Waals surface area contributed by atoms with E-state index in [9.17, 15) is 9.59 Å². The number of rotatable bonds is 4. The van der Waals surface area contributed by atoms with E-state index in [0.29, 0.717) is 28.6 Å². The van der Waals surface area contributed by atoms with Crippen LogP contribution in [0.3, 0.4) is 0 Å². The summed E-state index contributed by atoms with van der Waals surface area (Å²) < 4.78 is 7.24. The van der Waals surface area contributed by atoms with E-state index in [1.165, 1.54) is 0 Å². The molecular formula is C21H16ClNO3. The summed E-state index contributed by atoms with van der Waals surface area (Å²) in [7, 11) is 0. The van der Waals surface area contributed by atoms with Gasteiger partial charge in [-0.2, -0.15) is 0 Å². The van der Waals surface area contributed by atoms with Gasteiger partial charge in [-0.1, -0.05) is 41.9 Å². The highest BCUT2D eigenvalue weighted by Gasteiger charge is 2.36. The van der Waals surface area contributed by atoms with Gasteiger partial charge < -0.3 is 9.30 Å². The fourth-order valence-electron chi connectivity index (χ4n) is 3.25. The number of carbonyl (C=O) groups is 2. The Morgan fingerprint density at radius 1 is 1.12 bits per heavy atom. The highest BCUT2D eigenvalue weighted by molar-refractivity contribution is 6.30. The summed E-state index contributed by atoms with van der Waals surface area (Å²) in [6.45, 7) is 2.29. The quantitative estimate of drug-likeness (QED) is 0.507. The van der Waals surface area contributed by atoms with E-state index in [0.717, 1.165) is 11.3 Å². The van der Waals surface area contributed by atoms with Gasteiger partial charge in [-0.3, -0.25) is 9.59 Å². The monoisotopic (exact) mass is 365 g/mol. The van der Waals surface area contributed by atoms with Crippen LogP contribution in [0.1, 0.15) is 40.2 Å². The van der Waals surface area contributed by atoms with E-state index in [2.05, 4.69) is 0 Å². The van der Waals surface area contributed by atoms with Crippen LogP contribution >= 0.6 is 11.6 Å². The van der Waals surface area contributed by atoms with Gasteiger partial charge in [0.15, 0.2) is 5.75 Å². The van der Waals surface area contributed by atoms with E-state index in [-0.39, 0.29) is 11.8 Å². The molecular weight excluding hydrogens is 350 g/mol. The third kappa shape index (κ3) is 2.82. The van der Waals surface area contributed by atoms with Gasteiger partial charge in [0.1, 0.15) is 0 Å². The first-order valence-electron chi connectivity index (χ1n) is 8.34. The lowest BCUT2D eigenvalue weighted by Crippen LogP contribution is -2.17. The topological polar surface area (TPSA) is 48.3 Å². The Morgan fingerprint density at radius 2 is 1.81 bits per heavy atom. The summed E-state index contributed by atoms with van der Waals surface area (Å²) in [5.74, 6) is -0.353. The molecule has 0 N–H and O–H groups in total. The maximum Gasteiger partial charge on any atom is 0.320 e. The fraction of sp³-hybridized carbons (Fsp3) is 0.143. The molecule has 0 saturated heterocycles. The summed E-state index contributed by atoms with van der Waals surface area (Å²) in [4.78, 5) is 25.0. The number of esters is 1. The van der Waals surface area contributed by atoms with Crippen LogP contribution in [-0.2, 0) is 11.3 Å². The molecule has 26 heavy (non-hydrogen) atoms. The lowest BCUT2D eigenvalue weighted by Gasteiger charge is -2.13. The number of halogens is 1. The fourth-order valence-corrected chi connectivity index (χ4v) is 3.38. The van der Waals surface area contributed by atoms with E-state index < -0.39 is 5.92 Å². The zero-order valence-electron chi connectivity index (χ0n) is 14.1. The van der Waals surface area contributed by atoms with Gasteiger partial charge >= 0.3 is 5.97 Å². The van der Waals surface area contributed by atoms with Crippen LogP contribution in [0.5, 0.6) is 5.75 Å². The highest BCUT2D eigenvalue weighted by Crippen LogP contribution is 2.38. The van der Waals surface area contributed by atoms with Crippen LogP contribution in [-0.4, -0.2) is 16.3 Å². The van der Waals surface area contributed by atoms with Crippen molar-refractivity contribution in [3.63, 3.8) is 0 Å². The SMILES string of the molecule is CC1C(=O)Oc2cc(C(=O)c3ccc(Cl)cc3)n(Cc3ccccc3)c21. The zero-order valence-corrected chi connectivity index (χ0v) is 14.9. The van der Waals surface area contributed by atoms with Crippen molar-refractivity contribution in [2.45, 2.75) is 19.4 Å². The molecule has 1 unspecified atom stereocenters. The molecule has 4 nitrogen and oxygen atoms in total. The van der Waals surface area contributed by atoms with Crippen LogP contribution in [0.25, 0.3) is 0 Å². The Kier molecular flexibility index (Phi) is 4.13. The van der Waals surface area contributed by atoms with E-state index in [1.807, 2.05) is 34.9 Å². The Balaban J connectivity index is 1.81. The summed E-state index contributed by atoms with van der Waals surface area (Å²) in [6, 6.07) is 18.3. The third-order valence-electron chi connectivity index (χ3n) is 4.60. The number of ketones is 1. The second kappa shape index (κ2) is 6.46. The van der Waals surface area contributed by atoms with Gasteiger partial charge in [0.2, 0.25) is 5.78 Å². The van der Waals surface area contributed by atoms with E-state index in [1.54, 1.807) is 37.3 Å². The molecule has 1 aliphatic heterocycles. The van der Waals surface area contributed by atoms with Crippen molar-refractivity contribution in [2.24, 2.45) is 0 Å². The van der Waals surface area contributed by atoms with Gasteiger partial charge in [-0.15, -0.1) is 0 Å². The second-order valence-corrected chi connectivity index (χ2v) is 6.77. The molecule has 3 aromatic rings. The second-order valence-electron chi connectivity index (χ2n) is 6.33. The number of nitrogens with zero attached hydrogens (tertiary/aromatic N) is 1. The summed E-state index contributed by atoms with van der Waals surface area (Å²) in [6.07, 6.45) is 0. The van der Waals surface area contributed by atoms with Crippen molar-refractivity contribution in [3.05, 3.63) is 88.2 Å². The van der Waals surface area contributed by atoms with Crippen LogP contribution in [0.2, 0.25) is 5.02 Å². The third-order valence-corrected chi connectivity index (χ3v) is 4.85. The molecule has 130 valence electrons. The minimum Gasteiger partial charge on any atom is -0.424 e. The molecule has 0 amide bonds. The van der Waals surface area contributed by atoms with Gasteiger partial charge in [0.25, 0.3) is 0 Å². The zero-order chi connectivity index (χ0) is 18.3. The van der Waals surface area contributed by atoms with Gasteiger partial charge in [0, 0.05) is 23.2 Å². The number of hydrogen-bond acceptors (Lipinski definition) is 3. The highest BCUT2D eigenvalue weighted by atomic mass is 35.5.